The molecule has 0 atom stereocenters. The predicted octanol–water partition coefficient (Wildman–Crippen LogP) is 15.6. The van der Waals surface area contributed by atoms with Gasteiger partial charge < -0.3 is 8.83 Å². The van der Waals surface area contributed by atoms with Crippen LogP contribution in [-0.2, 0) is 0 Å². The van der Waals surface area contributed by atoms with E-state index >= 15 is 0 Å². The Bertz CT molecular complexity index is 3360. The molecule has 0 radical (unpaired) electrons. The van der Waals surface area contributed by atoms with E-state index in [1.165, 1.54) is 65.7 Å². The maximum atomic E-state index is 6.27. The Morgan fingerprint density at radius 3 is 1.27 bits per heavy atom. The summed E-state index contributed by atoms with van der Waals surface area (Å²) in [5.41, 5.74) is 13.1. The lowest BCUT2D eigenvalue weighted by atomic mass is 9.83. The second-order valence-electron chi connectivity index (χ2n) is 14.8. The molecule has 2 heteroatoms. The van der Waals surface area contributed by atoms with Crippen LogP contribution in [0.5, 0.6) is 0 Å². The van der Waals surface area contributed by atoms with Crippen LogP contribution in [0.15, 0.2) is 203 Å². The third kappa shape index (κ3) is 4.69. The van der Waals surface area contributed by atoms with Gasteiger partial charge in [0.15, 0.2) is 0 Å². The summed E-state index contributed by atoms with van der Waals surface area (Å²) in [7, 11) is 0. The van der Waals surface area contributed by atoms with Crippen molar-refractivity contribution in [3.8, 4) is 44.5 Å². The first-order chi connectivity index (χ1) is 27.7. The first kappa shape index (κ1) is 31.0. The largest absolute Gasteiger partial charge is 0.456 e. The van der Waals surface area contributed by atoms with Gasteiger partial charge in [-0.2, -0.15) is 0 Å². The van der Waals surface area contributed by atoms with E-state index in [0.29, 0.717) is 0 Å². The molecule has 0 aliphatic carbocycles. The summed E-state index contributed by atoms with van der Waals surface area (Å²) in [6.45, 7) is 0. The second-order valence-corrected chi connectivity index (χ2v) is 14.8. The predicted molar refractivity (Wildman–Crippen MR) is 235 cm³/mol. The molecule has 12 aromatic rings. The topological polar surface area (TPSA) is 26.3 Å². The summed E-state index contributed by atoms with van der Waals surface area (Å²) in [6, 6.07) is 70.2. The second kappa shape index (κ2) is 12.0. The highest BCUT2D eigenvalue weighted by Crippen LogP contribution is 2.47. The number of rotatable bonds is 4. The highest BCUT2D eigenvalue weighted by molar-refractivity contribution is 6.21. The fourth-order valence-corrected chi connectivity index (χ4v) is 9.05. The van der Waals surface area contributed by atoms with Crippen LogP contribution in [0.4, 0.5) is 0 Å². The van der Waals surface area contributed by atoms with Gasteiger partial charge in [-0.15, -0.1) is 0 Å². The smallest absolute Gasteiger partial charge is 0.135 e. The third-order valence-electron chi connectivity index (χ3n) is 11.7. The number of furan rings is 2. The van der Waals surface area contributed by atoms with E-state index in [0.717, 1.165) is 55.0 Å². The molecule has 2 aromatic heterocycles. The van der Waals surface area contributed by atoms with E-state index in [2.05, 4.69) is 170 Å². The molecular formula is C54H32O2. The van der Waals surface area contributed by atoms with Gasteiger partial charge in [0.25, 0.3) is 0 Å². The molecule has 10 aromatic carbocycles. The first-order valence-corrected chi connectivity index (χ1v) is 19.2. The number of benzene rings is 10. The van der Waals surface area contributed by atoms with Crippen molar-refractivity contribution < 1.29 is 8.83 Å². The third-order valence-corrected chi connectivity index (χ3v) is 11.7. The minimum absolute atomic E-state index is 0.898. The zero-order valence-corrected chi connectivity index (χ0v) is 30.3. The first-order valence-electron chi connectivity index (χ1n) is 19.2. The Balaban J connectivity index is 1.21. The lowest BCUT2D eigenvalue weighted by Crippen LogP contribution is -1.93. The van der Waals surface area contributed by atoms with Crippen molar-refractivity contribution in [2.75, 3.05) is 0 Å². The zero-order valence-electron chi connectivity index (χ0n) is 30.3. The molecule has 0 fully saturated rings. The molecule has 56 heavy (non-hydrogen) atoms. The van der Waals surface area contributed by atoms with Crippen molar-refractivity contribution in [2.24, 2.45) is 0 Å². The summed E-state index contributed by atoms with van der Waals surface area (Å²) in [5, 5.41) is 11.8. The van der Waals surface area contributed by atoms with E-state index in [1.807, 2.05) is 24.3 Å². The monoisotopic (exact) mass is 712 g/mol. The van der Waals surface area contributed by atoms with Crippen LogP contribution in [0, 0.1) is 0 Å². The standard InChI is InChI=1S/C54H32O2/c1-2-12-33(13-3-1)44-28-34-14-4-5-15-35(34)29-49(44)54-42-20-10-18-38(36-24-26-52-47(30-36)40-16-6-8-22-50(40)55-52)45(42)32-46-39(19-11-21-43(46)54)37-25-27-53-48(31-37)41-17-7-9-23-51(41)56-53/h1-32H. The van der Waals surface area contributed by atoms with Gasteiger partial charge in [-0.05, 0) is 131 Å². The van der Waals surface area contributed by atoms with Gasteiger partial charge >= 0.3 is 0 Å². The molecule has 0 aliphatic heterocycles. The molecule has 0 aliphatic rings. The number of hydrogen-bond donors (Lipinski definition) is 0. The van der Waals surface area contributed by atoms with Crippen LogP contribution >= 0.6 is 0 Å². The average molecular weight is 713 g/mol. The maximum absolute atomic E-state index is 6.27. The van der Waals surface area contributed by atoms with Crippen molar-refractivity contribution in [1.82, 2.24) is 0 Å². The Morgan fingerprint density at radius 2 is 0.696 bits per heavy atom. The van der Waals surface area contributed by atoms with Crippen molar-refractivity contribution in [3.63, 3.8) is 0 Å². The van der Waals surface area contributed by atoms with E-state index in [1.54, 1.807) is 0 Å². The number of hydrogen-bond acceptors (Lipinski definition) is 2. The van der Waals surface area contributed by atoms with E-state index in [-0.39, 0.29) is 0 Å². The molecule has 0 bridgehead atoms. The summed E-state index contributed by atoms with van der Waals surface area (Å²) >= 11 is 0. The van der Waals surface area contributed by atoms with Crippen LogP contribution in [-0.4, -0.2) is 0 Å². The Kier molecular flexibility index (Phi) is 6.66. The summed E-state index contributed by atoms with van der Waals surface area (Å²) < 4.78 is 12.5. The molecule has 0 N–H and O–H groups in total. The fourth-order valence-electron chi connectivity index (χ4n) is 9.05. The minimum atomic E-state index is 0.898. The van der Waals surface area contributed by atoms with Crippen molar-refractivity contribution in [1.29, 1.82) is 0 Å². The molecule has 2 heterocycles. The molecule has 0 saturated heterocycles. The zero-order chi connectivity index (χ0) is 36.7. The van der Waals surface area contributed by atoms with Crippen LogP contribution < -0.4 is 0 Å². The van der Waals surface area contributed by atoms with E-state index in [9.17, 15) is 0 Å². The van der Waals surface area contributed by atoms with Crippen molar-refractivity contribution in [2.45, 2.75) is 0 Å². The van der Waals surface area contributed by atoms with Crippen molar-refractivity contribution >= 4 is 76.2 Å². The van der Waals surface area contributed by atoms with E-state index < -0.39 is 0 Å². The van der Waals surface area contributed by atoms with E-state index in [4.69, 9.17) is 8.83 Å². The minimum Gasteiger partial charge on any atom is -0.456 e. The van der Waals surface area contributed by atoms with Gasteiger partial charge in [-0.1, -0.05) is 140 Å². The molecule has 0 amide bonds. The van der Waals surface area contributed by atoms with Gasteiger partial charge in [-0.25, -0.2) is 0 Å². The van der Waals surface area contributed by atoms with Gasteiger partial charge in [0.2, 0.25) is 0 Å². The summed E-state index contributed by atoms with van der Waals surface area (Å²) in [4.78, 5) is 0. The van der Waals surface area contributed by atoms with Gasteiger partial charge in [0.1, 0.15) is 22.3 Å². The van der Waals surface area contributed by atoms with Gasteiger partial charge in [0, 0.05) is 21.5 Å². The van der Waals surface area contributed by atoms with Gasteiger partial charge in [-0.3, -0.25) is 0 Å². The number of para-hydroxylation sites is 2. The van der Waals surface area contributed by atoms with Crippen LogP contribution in [0.3, 0.4) is 0 Å². The molecule has 0 saturated carbocycles. The number of fused-ring (bicyclic) bond motifs is 9. The normalized spacial score (nSPS) is 11.9. The van der Waals surface area contributed by atoms with Gasteiger partial charge in [0.05, 0.1) is 0 Å². The lowest BCUT2D eigenvalue weighted by Gasteiger charge is -2.20. The molecular weight excluding hydrogens is 681 g/mol. The highest BCUT2D eigenvalue weighted by atomic mass is 16.3. The molecule has 2 nitrogen and oxygen atoms in total. The molecule has 0 spiro atoms. The Labute approximate surface area is 322 Å². The maximum Gasteiger partial charge on any atom is 0.135 e. The quantitative estimate of drug-likeness (QED) is 0.170. The fraction of sp³-hybridized carbons (Fsp3) is 0. The molecule has 12 rings (SSSR count). The molecule has 260 valence electrons. The lowest BCUT2D eigenvalue weighted by molar-refractivity contribution is 0.668. The Hall–Kier alpha value is -7.42. The van der Waals surface area contributed by atoms with Crippen LogP contribution in [0.25, 0.3) is 121 Å². The summed E-state index contributed by atoms with van der Waals surface area (Å²) in [6.07, 6.45) is 0. The highest BCUT2D eigenvalue weighted by Gasteiger charge is 2.20. The summed E-state index contributed by atoms with van der Waals surface area (Å²) in [5.74, 6) is 0. The van der Waals surface area contributed by atoms with Crippen LogP contribution in [0.1, 0.15) is 0 Å². The molecule has 0 unspecified atom stereocenters. The van der Waals surface area contributed by atoms with Crippen molar-refractivity contribution in [3.05, 3.63) is 194 Å². The Morgan fingerprint density at radius 1 is 0.232 bits per heavy atom. The van der Waals surface area contributed by atoms with Crippen LogP contribution in [0.2, 0.25) is 0 Å². The SMILES string of the molecule is c1ccc(-c2cc3ccccc3cc2-c2c3cccc(-c4ccc5oc6ccccc6c5c4)c3cc3c(-c4ccc5oc6ccccc6c5c4)cccc23)cc1. The average Bonchev–Trinajstić information content (AvgIpc) is 3.83.